The van der Waals surface area contributed by atoms with Gasteiger partial charge in [0.25, 0.3) is 0 Å². The summed E-state index contributed by atoms with van der Waals surface area (Å²) in [5, 5.41) is 11.1. The first-order valence-electron chi connectivity index (χ1n) is 11.3. The van der Waals surface area contributed by atoms with E-state index in [9.17, 15) is 9.59 Å². The highest BCUT2D eigenvalue weighted by atomic mass is 32.1. The Bertz CT molecular complexity index is 1180. The highest BCUT2D eigenvalue weighted by Crippen LogP contribution is 2.43. The van der Waals surface area contributed by atoms with Crippen LogP contribution in [0.5, 0.6) is 11.5 Å². The molecule has 0 aliphatic carbocycles. The van der Waals surface area contributed by atoms with Crippen molar-refractivity contribution in [2.24, 2.45) is 0 Å². The molecule has 35 heavy (non-hydrogen) atoms. The molecule has 1 saturated heterocycles. The fourth-order valence-electron chi connectivity index (χ4n) is 3.83. The molecular weight excluding hydrogens is 466 g/mol. The van der Waals surface area contributed by atoms with E-state index in [1.165, 1.54) is 30.3 Å². The summed E-state index contributed by atoms with van der Waals surface area (Å²) in [5.74, 6) is 0.0966. The van der Waals surface area contributed by atoms with E-state index in [-0.39, 0.29) is 11.3 Å². The molecule has 7 nitrogen and oxygen atoms in total. The van der Waals surface area contributed by atoms with Crippen molar-refractivity contribution < 1.29 is 28.9 Å². The molecule has 1 aliphatic heterocycles. The van der Waals surface area contributed by atoms with Crippen molar-refractivity contribution in [3.63, 3.8) is 0 Å². The minimum absolute atomic E-state index is 0.136. The molecule has 1 aliphatic rings. The lowest BCUT2D eigenvalue weighted by atomic mass is 10.0. The third-order valence-corrected chi connectivity index (χ3v) is 6.61. The van der Waals surface area contributed by atoms with Crippen molar-refractivity contribution in [3.05, 3.63) is 76.7 Å². The van der Waals surface area contributed by atoms with Gasteiger partial charge in [0.15, 0.2) is 5.78 Å². The molecule has 2 heterocycles. The van der Waals surface area contributed by atoms with Crippen LogP contribution in [0.25, 0.3) is 16.5 Å². The van der Waals surface area contributed by atoms with Gasteiger partial charge in [-0.25, -0.2) is 4.79 Å². The smallest absolute Gasteiger partial charge is 0.335 e. The van der Waals surface area contributed by atoms with Gasteiger partial charge < -0.3 is 19.3 Å². The molecule has 1 fully saturated rings. The maximum absolute atomic E-state index is 12.8. The number of rotatable bonds is 10. The number of ketones is 1. The standard InChI is InChI=1S/C27H27NO6S/c1-32-23-11-9-20(8-10-22(29)19-4-6-21(7-5-19)27(30)31)26(25(23)24-3-2-18-35-24)34-17-14-28-12-15-33-16-13-28/h2-11,18H,12-17H2,1H3,(H,30,31)/b10-8+. The van der Waals surface area contributed by atoms with Gasteiger partial charge in [-0.15, -0.1) is 11.3 Å². The number of carboxylic acids is 1. The SMILES string of the molecule is COc1ccc(/C=C/C(=O)c2ccc(C(=O)O)cc2)c(OCCN2CCOCC2)c1-c1cccs1. The van der Waals surface area contributed by atoms with E-state index in [0.717, 1.165) is 48.9 Å². The minimum Gasteiger partial charge on any atom is -0.496 e. The van der Waals surface area contributed by atoms with Crippen molar-refractivity contribution in [1.82, 2.24) is 4.90 Å². The molecule has 2 aromatic carbocycles. The first-order valence-corrected chi connectivity index (χ1v) is 12.2. The summed E-state index contributed by atoms with van der Waals surface area (Å²) in [6, 6.07) is 13.6. The number of methoxy groups -OCH3 is 1. The first kappa shape index (κ1) is 24.7. The van der Waals surface area contributed by atoms with Gasteiger partial charge in [-0.1, -0.05) is 18.2 Å². The lowest BCUT2D eigenvalue weighted by Crippen LogP contribution is -2.38. The molecule has 0 atom stereocenters. The van der Waals surface area contributed by atoms with E-state index < -0.39 is 5.97 Å². The predicted octanol–water partition coefficient (Wildman–Crippen LogP) is 4.73. The third-order valence-electron chi connectivity index (χ3n) is 5.73. The highest BCUT2D eigenvalue weighted by molar-refractivity contribution is 7.13. The topological polar surface area (TPSA) is 85.3 Å². The van der Waals surface area contributed by atoms with Crippen LogP contribution >= 0.6 is 11.3 Å². The van der Waals surface area contributed by atoms with Gasteiger partial charge in [0.1, 0.15) is 18.1 Å². The monoisotopic (exact) mass is 493 g/mol. The van der Waals surface area contributed by atoms with Crippen molar-refractivity contribution in [1.29, 1.82) is 0 Å². The van der Waals surface area contributed by atoms with Gasteiger partial charge in [0.05, 0.1) is 31.5 Å². The zero-order valence-electron chi connectivity index (χ0n) is 19.4. The highest BCUT2D eigenvalue weighted by Gasteiger charge is 2.19. The molecular formula is C27H27NO6S. The molecule has 0 spiro atoms. The minimum atomic E-state index is -1.03. The normalized spacial score (nSPS) is 14.2. The second-order valence-corrected chi connectivity index (χ2v) is 8.87. The van der Waals surface area contributed by atoms with E-state index in [2.05, 4.69) is 4.90 Å². The number of ether oxygens (including phenoxy) is 3. The molecule has 0 saturated carbocycles. The summed E-state index contributed by atoms with van der Waals surface area (Å²) in [4.78, 5) is 27.1. The van der Waals surface area contributed by atoms with Crippen molar-refractivity contribution in [2.45, 2.75) is 0 Å². The van der Waals surface area contributed by atoms with E-state index in [4.69, 9.17) is 19.3 Å². The largest absolute Gasteiger partial charge is 0.496 e. The number of carbonyl (C=O) groups is 2. The Labute approximate surface area is 208 Å². The number of carboxylic acid groups (broad SMARTS) is 1. The first-order chi connectivity index (χ1) is 17.1. The van der Waals surface area contributed by atoms with Crippen LogP contribution in [0.15, 0.2) is 60.0 Å². The molecule has 3 aromatic rings. The number of aromatic carboxylic acids is 1. The fraction of sp³-hybridized carbons (Fsp3) is 0.259. The van der Waals surface area contributed by atoms with Gasteiger partial charge in [-0.05, 0) is 47.9 Å². The Kier molecular flexibility index (Phi) is 8.31. The van der Waals surface area contributed by atoms with Crippen LogP contribution in [0.3, 0.4) is 0 Å². The molecule has 182 valence electrons. The van der Waals surface area contributed by atoms with Crippen molar-refractivity contribution in [3.8, 4) is 21.9 Å². The number of thiophene rings is 1. The molecule has 0 unspecified atom stereocenters. The summed E-state index contributed by atoms with van der Waals surface area (Å²) in [6.45, 7) is 4.45. The predicted molar refractivity (Wildman–Crippen MR) is 136 cm³/mol. The second kappa shape index (κ2) is 11.8. The number of hydrogen-bond acceptors (Lipinski definition) is 7. The summed E-state index contributed by atoms with van der Waals surface area (Å²) >= 11 is 1.59. The molecule has 1 N–H and O–H groups in total. The Morgan fingerprint density at radius 2 is 1.83 bits per heavy atom. The number of benzene rings is 2. The van der Waals surface area contributed by atoms with Gasteiger partial charge in [-0.3, -0.25) is 9.69 Å². The van der Waals surface area contributed by atoms with Crippen LogP contribution in [0.4, 0.5) is 0 Å². The maximum atomic E-state index is 12.8. The molecule has 8 heteroatoms. The number of nitrogens with zero attached hydrogens (tertiary/aromatic N) is 1. The Balaban J connectivity index is 1.61. The van der Waals surface area contributed by atoms with Crippen molar-refractivity contribution in [2.75, 3.05) is 46.6 Å². The Hall–Kier alpha value is -3.46. The molecule has 0 radical (unpaired) electrons. The third kappa shape index (κ3) is 6.16. The Morgan fingerprint density at radius 3 is 2.49 bits per heavy atom. The van der Waals surface area contributed by atoms with E-state index in [1.807, 2.05) is 29.6 Å². The molecule has 1 aromatic heterocycles. The molecule has 4 rings (SSSR count). The second-order valence-electron chi connectivity index (χ2n) is 7.92. The van der Waals surface area contributed by atoms with Crippen molar-refractivity contribution >= 4 is 29.2 Å². The zero-order valence-corrected chi connectivity index (χ0v) is 20.3. The average Bonchev–Trinajstić information content (AvgIpc) is 3.42. The van der Waals surface area contributed by atoms with Gasteiger partial charge in [-0.2, -0.15) is 0 Å². The number of morpholine rings is 1. The quantitative estimate of drug-likeness (QED) is 0.323. The van der Waals surface area contributed by atoms with Gasteiger partial charge in [0, 0.05) is 35.6 Å². The van der Waals surface area contributed by atoms with Crippen LogP contribution < -0.4 is 9.47 Å². The lowest BCUT2D eigenvalue weighted by Gasteiger charge is -2.26. The molecule has 0 amide bonds. The number of allylic oxidation sites excluding steroid dienone is 1. The van der Waals surface area contributed by atoms with Gasteiger partial charge in [0.2, 0.25) is 0 Å². The zero-order chi connectivity index (χ0) is 24.6. The average molecular weight is 494 g/mol. The fourth-order valence-corrected chi connectivity index (χ4v) is 4.60. The summed E-state index contributed by atoms with van der Waals surface area (Å²) in [7, 11) is 1.63. The number of carbonyl (C=O) groups excluding carboxylic acids is 1. The van der Waals surface area contributed by atoms with Gasteiger partial charge >= 0.3 is 5.97 Å². The van der Waals surface area contributed by atoms with Crippen LogP contribution in [0.2, 0.25) is 0 Å². The van der Waals surface area contributed by atoms with Crippen LogP contribution in [0.1, 0.15) is 26.3 Å². The van der Waals surface area contributed by atoms with Crippen LogP contribution in [-0.4, -0.2) is 68.3 Å². The Morgan fingerprint density at radius 1 is 1.09 bits per heavy atom. The summed E-state index contributed by atoms with van der Waals surface area (Å²) < 4.78 is 17.4. The van der Waals surface area contributed by atoms with Crippen LogP contribution in [-0.2, 0) is 4.74 Å². The van der Waals surface area contributed by atoms with E-state index in [1.54, 1.807) is 24.5 Å². The van der Waals surface area contributed by atoms with E-state index >= 15 is 0 Å². The number of hydrogen-bond donors (Lipinski definition) is 1. The van der Waals surface area contributed by atoms with Crippen LogP contribution in [0, 0.1) is 0 Å². The maximum Gasteiger partial charge on any atom is 0.335 e. The van der Waals surface area contributed by atoms with E-state index in [0.29, 0.717) is 23.7 Å². The lowest BCUT2D eigenvalue weighted by molar-refractivity contribution is 0.0322. The molecule has 0 bridgehead atoms. The summed E-state index contributed by atoms with van der Waals surface area (Å²) in [6.07, 6.45) is 3.21. The summed E-state index contributed by atoms with van der Waals surface area (Å²) in [5.41, 5.74) is 2.15.